The van der Waals surface area contributed by atoms with Crippen molar-refractivity contribution in [3.05, 3.63) is 22.7 Å². The van der Waals surface area contributed by atoms with Crippen molar-refractivity contribution >= 4 is 34.2 Å². The summed E-state index contributed by atoms with van der Waals surface area (Å²) in [6.45, 7) is 5.22. The van der Waals surface area contributed by atoms with Crippen LogP contribution in [0.1, 0.15) is 26.7 Å². The SMILES string of the molecule is CCC(CC)(CNc1cc2[nH]c(=O)oc2cc1N)SC. The molecule has 0 amide bonds. The van der Waals surface area contributed by atoms with Crippen LogP contribution in [0.3, 0.4) is 0 Å². The fraction of sp³-hybridized carbons (Fsp3) is 0.500. The van der Waals surface area contributed by atoms with Gasteiger partial charge in [-0.25, -0.2) is 4.79 Å². The van der Waals surface area contributed by atoms with Gasteiger partial charge in [-0.1, -0.05) is 13.8 Å². The van der Waals surface area contributed by atoms with Gasteiger partial charge < -0.3 is 15.5 Å². The van der Waals surface area contributed by atoms with Crippen LogP contribution in [-0.2, 0) is 0 Å². The highest BCUT2D eigenvalue weighted by Gasteiger charge is 2.24. The lowest BCUT2D eigenvalue weighted by atomic mass is 10.0. The fourth-order valence-electron chi connectivity index (χ4n) is 2.28. The molecular formula is C14H21N3O2S. The number of H-pyrrole nitrogens is 1. The highest BCUT2D eigenvalue weighted by molar-refractivity contribution is 8.00. The van der Waals surface area contributed by atoms with Crippen molar-refractivity contribution < 1.29 is 4.42 Å². The Balaban J connectivity index is 2.25. The fourth-order valence-corrected chi connectivity index (χ4v) is 3.08. The normalized spacial score (nSPS) is 11.9. The van der Waals surface area contributed by atoms with Gasteiger partial charge in [-0.3, -0.25) is 4.98 Å². The molecule has 110 valence electrons. The van der Waals surface area contributed by atoms with Crippen LogP contribution >= 0.6 is 11.8 Å². The van der Waals surface area contributed by atoms with Gasteiger partial charge in [0.2, 0.25) is 0 Å². The van der Waals surface area contributed by atoms with Crippen molar-refractivity contribution in [1.29, 1.82) is 0 Å². The first-order valence-electron chi connectivity index (χ1n) is 6.75. The molecule has 5 nitrogen and oxygen atoms in total. The van der Waals surface area contributed by atoms with E-state index in [4.69, 9.17) is 10.2 Å². The van der Waals surface area contributed by atoms with E-state index in [1.54, 1.807) is 6.07 Å². The summed E-state index contributed by atoms with van der Waals surface area (Å²) >= 11 is 1.87. The van der Waals surface area contributed by atoms with Crippen LogP contribution in [0, 0.1) is 0 Å². The number of nitrogens with two attached hydrogens (primary N) is 1. The number of aromatic amines is 1. The Bertz CT molecular complexity index is 635. The average Bonchev–Trinajstić information content (AvgIpc) is 2.80. The smallest absolute Gasteiger partial charge is 0.408 e. The Morgan fingerprint density at radius 3 is 2.70 bits per heavy atom. The van der Waals surface area contributed by atoms with E-state index in [-0.39, 0.29) is 4.75 Å². The summed E-state index contributed by atoms with van der Waals surface area (Å²) in [5.41, 5.74) is 8.57. The molecule has 1 heterocycles. The lowest BCUT2D eigenvalue weighted by Gasteiger charge is -2.30. The number of hydrogen-bond acceptors (Lipinski definition) is 5. The maximum Gasteiger partial charge on any atom is 0.417 e. The number of nitrogens with one attached hydrogen (secondary N) is 2. The van der Waals surface area contributed by atoms with E-state index in [1.165, 1.54) is 0 Å². The van der Waals surface area contributed by atoms with Crippen LogP contribution in [0.2, 0.25) is 0 Å². The second-order valence-corrected chi connectivity index (χ2v) is 6.17. The predicted octanol–water partition coefficient (Wildman–Crippen LogP) is 3.04. The van der Waals surface area contributed by atoms with E-state index in [9.17, 15) is 4.79 Å². The molecule has 0 bridgehead atoms. The molecular weight excluding hydrogens is 274 g/mol. The number of hydrogen-bond donors (Lipinski definition) is 3. The predicted molar refractivity (Wildman–Crippen MR) is 86.6 cm³/mol. The second kappa shape index (κ2) is 5.83. The lowest BCUT2D eigenvalue weighted by Crippen LogP contribution is -2.32. The molecule has 0 aliphatic carbocycles. The van der Waals surface area contributed by atoms with Crippen molar-refractivity contribution in [2.24, 2.45) is 0 Å². The third kappa shape index (κ3) is 2.80. The highest BCUT2D eigenvalue weighted by Crippen LogP contribution is 2.32. The number of rotatable bonds is 6. The van der Waals surface area contributed by atoms with Crippen LogP contribution in [0.15, 0.2) is 21.3 Å². The lowest BCUT2D eigenvalue weighted by molar-refractivity contribution is 0.555. The van der Waals surface area contributed by atoms with Crippen molar-refractivity contribution in [1.82, 2.24) is 4.98 Å². The minimum absolute atomic E-state index is 0.200. The molecule has 0 saturated heterocycles. The van der Waals surface area contributed by atoms with Crippen molar-refractivity contribution in [2.45, 2.75) is 31.4 Å². The van der Waals surface area contributed by atoms with Gasteiger partial charge in [-0.2, -0.15) is 11.8 Å². The molecule has 4 N–H and O–H groups in total. The quantitative estimate of drug-likeness (QED) is 0.713. The molecule has 20 heavy (non-hydrogen) atoms. The molecule has 1 aromatic carbocycles. The monoisotopic (exact) mass is 295 g/mol. The summed E-state index contributed by atoms with van der Waals surface area (Å²) in [6, 6.07) is 3.50. The maximum atomic E-state index is 11.2. The zero-order valence-electron chi connectivity index (χ0n) is 12.1. The molecule has 0 atom stereocenters. The molecule has 0 aliphatic heterocycles. The van der Waals surface area contributed by atoms with Crippen LogP contribution in [0.5, 0.6) is 0 Å². The Hall–Kier alpha value is -1.56. The minimum Gasteiger partial charge on any atom is -0.408 e. The molecule has 1 aromatic heterocycles. The number of fused-ring (bicyclic) bond motifs is 1. The number of benzene rings is 1. The zero-order valence-corrected chi connectivity index (χ0v) is 12.9. The van der Waals surface area contributed by atoms with E-state index in [0.29, 0.717) is 16.8 Å². The van der Waals surface area contributed by atoms with Gasteiger partial charge in [0.1, 0.15) is 0 Å². The van der Waals surface area contributed by atoms with Crippen LogP contribution in [0.4, 0.5) is 11.4 Å². The molecule has 2 rings (SSSR count). The summed E-state index contributed by atoms with van der Waals surface area (Å²) in [4.78, 5) is 13.8. The summed E-state index contributed by atoms with van der Waals surface area (Å²) < 4.78 is 5.19. The third-order valence-electron chi connectivity index (χ3n) is 3.91. The van der Waals surface area contributed by atoms with Crippen molar-refractivity contribution in [2.75, 3.05) is 23.9 Å². The molecule has 0 radical (unpaired) electrons. The standard InChI is InChI=1S/C14H21N3O2S/c1-4-14(5-2,20-3)8-16-10-7-11-12(6-9(10)15)19-13(18)17-11/h6-7,16H,4-5,8,15H2,1-3H3,(H,17,18). The molecule has 0 unspecified atom stereocenters. The summed E-state index contributed by atoms with van der Waals surface area (Å²) in [5, 5.41) is 3.40. The number of aromatic nitrogens is 1. The molecule has 0 fully saturated rings. The summed E-state index contributed by atoms with van der Waals surface area (Å²) in [6.07, 6.45) is 4.31. The number of oxazole rings is 1. The largest absolute Gasteiger partial charge is 0.417 e. The van der Waals surface area contributed by atoms with Gasteiger partial charge in [0.15, 0.2) is 5.58 Å². The van der Waals surface area contributed by atoms with E-state index in [2.05, 4.69) is 30.4 Å². The number of anilines is 2. The summed E-state index contributed by atoms with van der Waals surface area (Å²) in [7, 11) is 0. The van der Waals surface area contributed by atoms with Gasteiger partial charge in [0.25, 0.3) is 0 Å². The molecule has 6 heteroatoms. The molecule has 0 saturated carbocycles. The third-order valence-corrected chi connectivity index (χ3v) is 5.50. The molecule has 2 aromatic rings. The number of thioether (sulfide) groups is 1. The van der Waals surface area contributed by atoms with E-state index >= 15 is 0 Å². The van der Waals surface area contributed by atoms with Crippen LogP contribution in [0.25, 0.3) is 11.1 Å². The second-order valence-electron chi connectivity index (χ2n) is 4.90. The zero-order chi connectivity index (χ0) is 14.8. The topological polar surface area (TPSA) is 84.0 Å². The summed E-state index contributed by atoms with van der Waals surface area (Å²) in [5.74, 6) is -0.461. The minimum atomic E-state index is -0.461. The Morgan fingerprint density at radius 2 is 2.10 bits per heavy atom. The van der Waals surface area contributed by atoms with E-state index in [0.717, 1.165) is 25.1 Å². The molecule has 0 spiro atoms. The van der Waals surface area contributed by atoms with E-state index in [1.807, 2.05) is 17.8 Å². The molecule has 0 aliphatic rings. The van der Waals surface area contributed by atoms with Gasteiger partial charge >= 0.3 is 5.76 Å². The Labute approximate surface area is 122 Å². The number of nitrogen functional groups attached to an aromatic ring is 1. The van der Waals surface area contributed by atoms with Crippen molar-refractivity contribution in [3.63, 3.8) is 0 Å². The van der Waals surface area contributed by atoms with Crippen LogP contribution in [-0.4, -0.2) is 22.5 Å². The Kier molecular flexibility index (Phi) is 4.32. The average molecular weight is 295 g/mol. The van der Waals surface area contributed by atoms with Gasteiger partial charge in [0.05, 0.1) is 16.9 Å². The first-order valence-corrected chi connectivity index (χ1v) is 7.97. The van der Waals surface area contributed by atoms with Gasteiger partial charge in [-0.05, 0) is 25.2 Å². The van der Waals surface area contributed by atoms with Crippen LogP contribution < -0.4 is 16.8 Å². The van der Waals surface area contributed by atoms with E-state index < -0.39 is 5.76 Å². The van der Waals surface area contributed by atoms with Crippen molar-refractivity contribution in [3.8, 4) is 0 Å². The Morgan fingerprint density at radius 1 is 1.40 bits per heavy atom. The van der Waals surface area contributed by atoms with Gasteiger partial charge in [0, 0.05) is 17.4 Å². The first-order chi connectivity index (χ1) is 9.53. The first kappa shape index (κ1) is 14.8. The highest BCUT2D eigenvalue weighted by atomic mass is 32.2. The maximum absolute atomic E-state index is 11.2. The van der Waals surface area contributed by atoms with Gasteiger partial charge in [-0.15, -0.1) is 0 Å².